The van der Waals surface area contributed by atoms with E-state index in [4.69, 9.17) is 23.2 Å². The molecule has 1 unspecified atom stereocenters. The van der Waals surface area contributed by atoms with Crippen molar-refractivity contribution in [2.45, 2.75) is 11.6 Å². The number of rotatable bonds is 4. The van der Waals surface area contributed by atoms with Crippen LogP contribution in [-0.4, -0.2) is 17.6 Å². The molecule has 4 rings (SSSR count). The lowest BCUT2D eigenvalue weighted by Gasteiger charge is -2.25. The molecule has 1 aliphatic rings. The first-order valence-corrected chi connectivity index (χ1v) is 11.4. The summed E-state index contributed by atoms with van der Waals surface area (Å²) in [5.74, 6) is -0.415. The van der Waals surface area contributed by atoms with Crippen molar-refractivity contribution in [1.82, 2.24) is 0 Å². The lowest BCUT2D eigenvalue weighted by Crippen LogP contribution is -2.28. The van der Waals surface area contributed by atoms with Crippen LogP contribution in [0.3, 0.4) is 0 Å². The number of benzene rings is 3. The average Bonchev–Trinajstić information content (AvgIpc) is 3.16. The van der Waals surface area contributed by atoms with Gasteiger partial charge in [0, 0.05) is 16.9 Å². The Bertz CT molecular complexity index is 1220. The Hall–Kier alpha value is -2.68. The zero-order valence-electron chi connectivity index (χ0n) is 16.7. The van der Waals surface area contributed by atoms with Gasteiger partial charge in [-0.1, -0.05) is 35.3 Å². The van der Waals surface area contributed by atoms with Gasteiger partial charge in [-0.05, 0) is 60.2 Å². The second kappa shape index (κ2) is 9.29. The highest BCUT2D eigenvalue weighted by Gasteiger charge is 2.35. The molecule has 1 fully saturated rings. The molecule has 1 aliphatic heterocycles. The van der Waals surface area contributed by atoms with Crippen LogP contribution in [-0.2, 0) is 11.0 Å². The molecule has 0 radical (unpaired) electrons. The lowest BCUT2D eigenvalue weighted by atomic mass is 10.1. The lowest BCUT2D eigenvalue weighted by molar-refractivity contribution is -0.137. The first kappa shape index (κ1) is 23.5. The van der Waals surface area contributed by atoms with Crippen molar-refractivity contribution in [2.75, 3.05) is 16.0 Å². The molecule has 0 bridgehead atoms. The first-order valence-electron chi connectivity index (χ1n) is 9.61. The van der Waals surface area contributed by atoms with Crippen LogP contribution in [0.15, 0.2) is 66.7 Å². The summed E-state index contributed by atoms with van der Waals surface area (Å²) in [7, 11) is 0. The second-order valence-corrected chi connectivity index (χ2v) is 9.06. The summed E-state index contributed by atoms with van der Waals surface area (Å²) >= 11 is 13.2. The Morgan fingerprint density at radius 1 is 1.00 bits per heavy atom. The molecule has 3 aromatic rings. The number of anilines is 2. The van der Waals surface area contributed by atoms with Gasteiger partial charge in [-0.15, -0.1) is 11.8 Å². The second-order valence-electron chi connectivity index (χ2n) is 7.18. The summed E-state index contributed by atoms with van der Waals surface area (Å²) in [6.07, 6.45) is -4.46. The van der Waals surface area contributed by atoms with Crippen molar-refractivity contribution in [2.24, 2.45) is 0 Å². The first-order chi connectivity index (χ1) is 15.6. The van der Waals surface area contributed by atoms with Crippen molar-refractivity contribution < 1.29 is 22.8 Å². The van der Waals surface area contributed by atoms with Gasteiger partial charge in [0.05, 0.1) is 21.4 Å². The molecule has 0 spiro atoms. The van der Waals surface area contributed by atoms with E-state index in [0.717, 1.165) is 17.7 Å². The van der Waals surface area contributed by atoms with Crippen LogP contribution < -0.4 is 10.2 Å². The van der Waals surface area contributed by atoms with Gasteiger partial charge < -0.3 is 5.32 Å². The zero-order valence-corrected chi connectivity index (χ0v) is 19.0. The molecule has 0 saturated carbocycles. The van der Waals surface area contributed by atoms with Crippen LogP contribution in [0.4, 0.5) is 24.5 Å². The largest absolute Gasteiger partial charge is 0.416 e. The molecule has 1 atom stereocenters. The van der Waals surface area contributed by atoms with Crippen LogP contribution in [0.2, 0.25) is 10.0 Å². The van der Waals surface area contributed by atoms with E-state index in [-0.39, 0.29) is 22.6 Å². The number of nitrogens with zero attached hydrogens (tertiary/aromatic N) is 1. The van der Waals surface area contributed by atoms with Crippen LogP contribution in [0, 0.1) is 0 Å². The summed E-state index contributed by atoms with van der Waals surface area (Å²) < 4.78 is 38.7. The molecule has 0 aliphatic carbocycles. The minimum Gasteiger partial charge on any atom is -0.322 e. The van der Waals surface area contributed by atoms with E-state index in [2.05, 4.69) is 5.32 Å². The Labute approximate surface area is 201 Å². The SMILES string of the molecule is O=C(Nc1cccc(C2SCC(=O)N2c2ccc(C(F)(F)F)cc2)c1)c1ccc(Cl)c(Cl)c1. The van der Waals surface area contributed by atoms with Gasteiger partial charge in [-0.25, -0.2) is 0 Å². The van der Waals surface area contributed by atoms with Gasteiger partial charge in [0.1, 0.15) is 5.37 Å². The number of carbonyl (C=O) groups is 2. The Morgan fingerprint density at radius 3 is 2.39 bits per heavy atom. The highest BCUT2D eigenvalue weighted by Crippen LogP contribution is 2.43. The number of hydrogen-bond acceptors (Lipinski definition) is 3. The number of halogens is 5. The summed E-state index contributed by atoms with van der Waals surface area (Å²) in [6.45, 7) is 0. The van der Waals surface area contributed by atoms with E-state index in [0.29, 0.717) is 22.0 Å². The molecular formula is C23H15Cl2F3N2O2S. The zero-order chi connectivity index (χ0) is 23.8. The number of amides is 2. The van der Waals surface area contributed by atoms with Crippen LogP contribution in [0.5, 0.6) is 0 Å². The van der Waals surface area contributed by atoms with Crippen molar-refractivity contribution >= 4 is 58.2 Å². The Kier molecular flexibility index (Phi) is 6.61. The fourth-order valence-electron chi connectivity index (χ4n) is 3.37. The summed E-state index contributed by atoms with van der Waals surface area (Å²) in [5.41, 5.74) is 1.13. The van der Waals surface area contributed by atoms with E-state index in [9.17, 15) is 22.8 Å². The number of hydrogen-bond donors (Lipinski definition) is 1. The minimum absolute atomic E-state index is 0.186. The third-order valence-electron chi connectivity index (χ3n) is 4.95. The maximum absolute atomic E-state index is 12.9. The maximum Gasteiger partial charge on any atom is 0.416 e. The summed E-state index contributed by atoms with van der Waals surface area (Å²) in [5, 5.41) is 2.92. The van der Waals surface area contributed by atoms with Crippen molar-refractivity contribution in [3.63, 3.8) is 0 Å². The van der Waals surface area contributed by atoms with E-state index < -0.39 is 17.1 Å². The van der Waals surface area contributed by atoms with Crippen LogP contribution in [0.25, 0.3) is 0 Å². The smallest absolute Gasteiger partial charge is 0.322 e. The molecule has 0 aromatic heterocycles. The summed E-state index contributed by atoms with van der Waals surface area (Å²) in [4.78, 5) is 26.6. The highest BCUT2D eigenvalue weighted by molar-refractivity contribution is 8.00. The van der Waals surface area contributed by atoms with Gasteiger partial charge in [0.15, 0.2) is 0 Å². The Balaban J connectivity index is 1.57. The molecule has 3 aromatic carbocycles. The van der Waals surface area contributed by atoms with Gasteiger partial charge in [0.2, 0.25) is 5.91 Å². The molecule has 1 N–H and O–H groups in total. The van der Waals surface area contributed by atoms with Gasteiger partial charge in [-0.3, -0.25) is 14.5 Å². The normalized spacial score (nSPS) is 16.2. The van der Waals surface area contributed by atoms with Gasteiger partial charge in [-0.2, -0.15) is 13.2 Å². The predicted octanol–water partition coefficient (Wildman–Crippen LogP) is 7.04. The molecule has 2 amide bonds. The molecule has 33 heavy (non-hydrogen) atoms. The Morgan fingerprint density at radius 2 is 1.73 bits per heavy atom. The monoisotopic (exact) mass is 510 g/mol. The molecular weight excluding hydrogens is 496 g/mol. The van der Waals surface area contributed by atoms with Crippen molar-refractivity contribution in [3.05, 3.63) is 93.5 Å². The third kappa shape index (κ3) is 5.13. The van der Waals surface area contributed by atoms with E-state index in [1.165, 1.54) is 40.9 Å². The maximum atomic E-state index is 12.9. The molecule has 4 nitrogen and oxygen atoms in total. The minimum atomic E-state index is -4.46. The van der Waals surface area contributed by atoms with Crippen molar-refractivity contribution in [1.29, 1.82) is 0 Å². The number of carbonyl (C=O) groups excluding carboxylic acids is 2. The molecule has 1 heterocycles. The van der Waals surface area contributed by atoms with Crippen molar-refractivity contribution in [3.8, 4) is 0 Å². The third-order valence-corrected chi connectivity index (χ3v) is 6.90. The van der Waals surface area contributed by atoms with Gasteiger partial charge in [0.25, 0.3) is 5.91 Å². The van der Waals surface area contributed by atoms with Gasteiger partial charge >= 0.3 is 6.18 Å². The quantitative estimate of drug-likeness (QED) is 0.409. The van der Waals surface area contributed by atoms with Crippen LogP contribution >= 0.6 is 35.0 Å². The highest BCUT2D eigenvalue weighted by atomic mass is 35.5. The average molecular weight is 511 g/mol. The number of alkyl halides is 3. The van der Waals surface area contributed by atoms with E-state index >= 15 is 0 Å². The van der Waals surface area contributed by atoms with E-state index in [1.807, 2.05) is 0 Å². The summed E-state index contributed by atoms with van der Waals surface area (Å²) in [6, 6.07) is 16.0. The topological polar surface area (TPSA) is 49.4 Å². The fourth-order valence-corrected chi connectivity index (χ4v) is 4.84. The molecule has 170 valence electrons. The standard InChI is InChI=1S/C23H15Cl2F3N2O2S/c24-18-9-4-13(11-19(18)25)21(32)29-16-3-1-2-14(10-16)22-30(20(31)12-33-22)17-7-5-15(6-8-17)23(26,27)28/h1-11,22H,12H2,(H,29,32). The van der Waals surface area contributed by atoms with E-state index in [1.54, 1.807) is 30.3 Å². The number of nitrogens with one attached hydrogen (secondary N) is 1. The number of thioether (sulfide) groups is 1. The molecule has 1 saturated heterocycles. The van der Waals surface area contributed by atoms with Crippen LogP contribution in [0.1, 0.15) is 26.9 Å². The molecule has 10 heteroatoms. The fraction of sp³-hybridized carbons (Fsp3) is 0.130. The predicted molar refractivity (Wildman–Crippen MR) is 125 cm³/mol.